The Morgan fingerprint density at radius 3 is 2.62 bits per heavy atom. The maximum Gasteiger partial charge on any atom is 0.142 e. The monoisotopic (exact) mass is 350 g/mol. The molecule has 1 N–H and O–H groups in total. The third-order valence-electron chi connectivity index (χ3n) is 3.66. The number of halogens is 2. The summed E-state index contributed by atoms with van der Waals surface area (Å²) >= 11 is 3.28. The summed E-state index contributed by atoms with van der Waals surface area (Å²) in [5.74, 6) is -0.0321. The number of hydrogen-bond acceptors (Lipinski definition) is 2. The Morgan fingerprint density at radius 1 is 1.24 bits per heavy atom. The minimum atomic E-state index is -0.188. The highest BCUT2D eigenvalue weighted by molar-refractivity contribution is 9.10. The van der Waals surface area contributed by atoms with E-state index in [1.54, 1.807) is 18.5 Å². The number of nitrogens with one attached hydrogen (secondary N) is 1. The highest BCUT2D eigenvalue weighted by Crippen LogP contribution is 2.33. The lowest BCUT2D eigenvalue weighted by molar-refractivity contribution is 0.444. The van der Waals surface area contributed by atoms with E-state index < -0.39 is 0 Å². The summed E-state index contributed by atoms with van der Waals surface area (Å²) < 4.78 is 15.0. The fourth-order valence-corrected chi connectivity index (χ4v) is 2.86. The molecule has 1 heterocycles. The summed E-state index contributed by atoms with van der Waals surface area (Å²) in [6.45, 7) is 5.08. The van der Waals surface area contributed by atoms with Gasteiger partial charge >= 0.3 is 0 Å². The average Bonchev–Trinajstić information content (AvgIpc) is 2.52. The quantitative estimate of drug-likeness (QED) is 0.807. The molecule has 2 unspecified atom stereocenters. The zero-order chi connectivity index (χ0) is 15.2. The van der Waals surface area contributed by atoms with Crippen LogP contribution in [-0.4, -0.2) is 11.5 Å². The van der Waals surface area contributed by atoms with Crippen LogP contribution >= 0.6 is 15.9 Å². The van der Waals surface area contributed by atoms with Crippen LogP contribution in [0.5, 0.6) is 0 Å². The minimum Gasteiger partial charge on any atom is -0.309 e. The Kier molecular flexibility index (Phi) is 5.88. The van der Waals surface area contributed by atoms with E-state index in [1.807, 2.05) is 24.3 Å². The molecule has 2 atom stereocenters. The molecule has 0 aliphatic heterocycles. The zero-order valence-corrected chi connectivity index (χ0v) is 13.9. The van der Waals surface area contributed by atoms with Crippen molar-refractivity contribution >= 4 is 15.9 Å². The first-order valence-corrected chi connectivity index (χ1v) is 8.01. The molecular formula is C17H20BrFN2. The van der Waals surface area contributed by atoms with Crippen molar-refractivity contribution in [2.24, 2.45) is 0 Å². The summed E-state index contributed by atoms with van der Waals surface area (Å²) in [5, 5.41) is 3.47. The largest absolute Gasteiger partial charge is 0.309 e. The van der Waals surface area contributed by atoms with Gasteiger partial charge in [0.25, 0.3) is 0 Å². The molecule has 0 spiro atoms. The molecule has 2 nitrogen and oxygen atoms in total. The fraction of sp³-hybridized carbons (Fsp3) is 0.353. The second-order valence-corrected chi connectivity index (χ2v) is 6.00. The second kappa shape index (κ2) is 7.66. The molecule has 0 bridgehead atoms. The second-order valence-electron chi connectivity index (χ2n) is 5.14. The lowest BCUT2D eigenvalue weighted by Crippen LogP contribution is -2.27. The van der Waals surface area contributed by atoms with Crippen LogP contribution < -0.4 is 5.32 Å². The van der Waals surface area contributed by atoms with Gasteiger partial charge in [-0.2, -0.15) is 0 Å². The molecule has 2 rings (SSSR count). The first-order chi connectivity index (χ1) is 10.1. The molecule has 0 aliphatic carbocycles. The van der Waals surface area contributed by atoms with Gasteiger partial charge in [0.2, 0.25) is 0 Å². The number of pyridine rings is 1. The van der Waals surface area contributed by atoms with E-state index >= 15 is 0 Å². The molecule has 0 radical (unpaired) electrons. The van der Waals surface area contributed by atoms with Crippen LogP contribution in [-0.2, 0) is 0 Å². The first kappa shape index (κ1) is 16.1. The van der Waals surface area contributed by atoms with Crippen molar-refractivity contribution in [3.63, 3.8) is 0 Å². The van der Waals surface area contributed by atoms with Crippen molar-refractivity contribution in [2.45, 2.75) is 32.2 Å². The van der Waals surface area contributed by atoms with E-state index in [0.717, 1.165) is 18.5 Å². The van der Waals surface area contributed by atoms with E-state index in [2.05, 4.69) is 40.1 Å². The van der Waals surface area contributed by atoms with Crippen LogP contribution in [0.1, 0.15) is 43.4 Å². The van der Waals surface area contributed by atoms with Gasteiger partial charge in [-0.05, 0) is 52.7 Å². The number of hydrogen-bond donors (Lipinski definition) is 1. The highest BCUT2D eigenvalue weighted by atomic mass is 79.9. The number of rotatable bonds is 6. The molecule has 4 heteroatoms. The first-order valence-electron chi connectivity index (χ1n) is 7.22. The van der Waals surface area contributed by atoms with Gasteiger partial charge in [-0.1, -0.05) is 26.0 Å². The zero-order valence-electron chi connectivity index (χ0n) is 12.3. The standard InChI is InChI=1S/C17H20BrFN2/c1-3-9-21-17(12(2)13-7-10-20-11-8-13)14-5-4-6-15(18)16(14)19/h4-8,10-12,17,21H,3,9H2,1-2H3. The Bertz CT molecular complexity index is 574. The molecule has 2 aromatic rings. The van der Waals surface area contributed by atoms with E-state index in [9.17, 15) is 4.39 Å². The number of nitrogens with zero attached hydrogens (tertiary/aromatic N) is 1. The van der Waals surface area contributed by atoms with E-state index in [0.29, 0.717) is 10.0 Å². The summed E-state index contributed by atoms with van der Waals surface area (Å²) in [6.07, 6.45) is 4.56. The summed E-state index contributed by atoms with van der Waals surface area (Å²) in [6, 6.07) is 9.37. The van der Waals surface area contributed by atoms with Gasteiger partial charge in [0.05, 0.1) is 4.47 Å². The summed E-state index contributed by atoms with van der Waals surface area (Å²) in [7, 11) is 0. The molecule has 1 aromatic carbocycles. The van der Waals surface area contributed by atoms with Crippen LogP contribution in [0.3, 0.4) is 0 Å². The average molecular weight is 351 g/mol. The van der Waals surface area contributed by atoms with E-state index in [4.69, 9.17) is 0 Å². The third-order valence-corrected chi connectivity index (χ3v) is 4.28. The van der Waals surface area contributed by atoms with Gasteiger partial charge < -0.3 is 5.32 Å². The van der Waals surface area contributed by atoms with Crippen LogP contribution in [0.4, 0.5) is 4.39 Å². The molecule has 21 heavy (non-hydrogen) atoms. The highest BCUT2D eigenvalue weighted by Gasteiger charge is 2.23. The summed E-state index contributed by atoms with van der Waals surface area (Å²) in [5.41, 5.74) is 1.85. The molecular weight excluding hydrogens is 331 g/mol. The minimum absolute atomic E-state index is 0.0650. The Balaban J connectivity index is 2.36. The molecule has 0 amide bonds. The van der Waals surface area contributed by atoms with Crippen molar-refractivity contribution in [3.05, 3.63) is 64.1 Å². The van der Waals surface area contributed by atoms with Crippen LogP contribution in [0.2, 0.25) is 0 Å². The maximum absolute atomic E-state index is 14.5. The Morgan fingerprint density at radius 2 is 1.95 bits per heavy atom. The Labute approximate surface area is 133 Å². The van der Waals surface area contributed by atoms with Gasteiger partial charge in [0, 0.05) is 29.9 Å². The fourth-order valence-electron chi connectivity index (χ4n) is 2.48. The third kappa shape index (κ3) is 3.89. The molecule has 1 aromatic heterocycles. The topological polar surface area (TPSA) is 24.9 Å². The van der Waals surface area contributed by atoms with Gasteiger partial charge in [-0.15, -0.1) is 0 Å². The lowest BCUT2D eigenvalue weighted by atomic mass is 9.88. The predicted octanol–water partition coefficient (Wildman–Crippen LogP) is 4.83. The van der Waals surface area contributed by atoms with E-state index in [-0.39, 0.29) is 17.8 Å². The lowest BCUT2D eigenvalue weighted by Gasteiger charge is -2.26. The van der Waals surface area contributed by atoms with Crippen LogP contribution in [0.25, 0.3) is 0 Å². The maximum atomic E-state index is 14.5. The smallest absolute Gasteiger partial charge is 0.142 e. The predicted molar refractivity (Wildman–Crippen MR) is 87.8 cm³/mol. The van der Waals surface area contributed by atoms with Gasteiger partial charge in [-0.3, -0.25) is 4.98 Å². The normalized spacial score (nSPS) is 13.9. The van der Waals surface area contributed by atoms with Crippen LogP contribution in [0.15, 0.2) is 47.2 Å². The van der Waals surface area contributed by atoms with Crippen molar-refractivity contribution in [1.29, 1.82) is 0 Å². The SMILES string of the molecule is CCCNC(c1cccc(Br)c1F)C(C)c1ccncc1. The van der Waals surface area contributed by atoms with Crippen molar-refractivity contribution in [2.75, 3.05) is 6.54 Å². The molecule has 0 saturated carbocycles. The van der Waals surface area contributed by atoms with Gasteiger partial charge in [0.1, 0.15) is 5.82 Å². The van der Waals surface area contributed by atoms with Crippen LogP contribution in [0, 0.1) is 5.82 Å². The number of benzene rings is 1. The van der Waals surface area contributed by atoms with E-state index in [1.165, 1.54) is 0 Å². The molecule has 0 saturated heterocycles. The summed E-state index contributed by atoms with van der Waals surface area (Å²) in [4.78, 5) is 4.05. The molecule has 112 valence electrons. The van der Waals surface area contributed by atoms with Gasteiger partial charge in [0.15, 0.2) is 0 Å². The Hall–Kier alpha value is -1.26. The number of aromatic nitrogens is 1. The van der Waals surface area contributed by atoms with Crippen molar-refractivity contribution in [3.8, 4) is 0 Å². The molecule has 0 aliphatic rings. The molecule has 0 fully saturated rings. The van der Waals surface area contributed by atoms with Crippen molar-refractivity contribution < 1.29 is 4.39 Å². The van der Waals surface area contributed by atoms with Gasteiger partial charge in [-0.25, -0.2) is 4.39 Å². The van der Waals surface area contributed by atoms with Crippen molar-refractivity contribution in [1.82, 2.24) is 10.3 Å².